The van der Waals surface area contributed by atoms with E-state index in [0.717, 1.165) is 12.8 Å². The number of sulfonamides is 1. The highest BCUT2D eigenvalue weighted by molar-refractivity contribution is 7.88. The third-order valence-corrected chi connectivity index (χ3v) is 5.53. The monoisotopic (exact) mass is 290 g/mol. The molecule has 2 N–H and O–H groups in total. The zero-order chi connectivity index (χ0) is 14.1. The second kappa shape index (κ2) is 5.38. The van der Waals surface area contributed by atoms with Crippen molar-refractivity contribution >= 4 is 15.9 Å². The lowest BCUT2D eigenvalue weighted by Crippen LogP contribution is -2.43. The van der Waals surface area contributed by atoms with Crippen LogP contribution in [0.2, 0.25) is 0 Å². The molecule has 0 spiro atoms. The van der Waals surface area contributed by atoms with E-state index in [1.807, 2.05) is 0 Å². The first kappa shape index (κ1) is 14.7. The lowest BCUT2D eigenvalue weighted by Gasteiger charge is -2.29. The minimum Gasteiger partial charge on any atom is -0.396 e. The Morgan fingerprint density at radius 3 is 2.37 bits per heavy atom. The molecule has 2 fully saturated rings. The highest BCUT2D eigenvalue weighted by Gasteiger charge is 2.42. The molecule has 2 aliphatic rings. The van der Waals surface area contributed by atoms with Gasteiger partial charge in [-0.25, -0.2) is 12.7 Å². The van der Waals surface area contributed by atoms with E-state index in [1.165, 1.54) is 10.6 Å². The maximum absolute atomic E-state index is 12.0. The van der Waals surface area contributed by atoms with Crippen molar-refractivity contribution in [3.8, 4) is 0 Å². The number of aliphatic hydroxyl groups is 1. The highest BCUT2D eigenvalue weighted by Crippen LogP contribution is 2.44. The molecule has 0 unspecified atom stereocenters. The van der Waals surface area contributed by atoms with Gasteiger partial charge in [0, 0.05) is 31.0 Å². The normalized spacial score (nSPS) is 24.1. The zero-order valence-electron chi connectivity index (χ0n) is 11.3. The number of hydrogen-bond acceptors (Lipinski definition) is 4. The third-order valence-electron chi connectivity index (χ3n) is 4.22. The fourth-order valence-electron chi connectivity index (χ4n) is 2.44. The van der Waals surface area contributed by atoms with Gasteiger partial charge in [-0.15, -0.1) is 0 Å². The number of nitrogens with zero attached hydrogens (tertiary/aromatic N) is 1. The fourth-order valence-corrected chi connectivity index (χ4v) is 3.31. The molecule has 1 saturated carbocycles. The van der Waals surface area contributed by atoms with Crippen molar-refractivity contribution in [3.05, 3.63) is 0 Å². The number of rotatable bonds is 5. The average Bonchev–Trinajstić information content (AvgIpc) is 3.16. The first-order valence-corrected chi connectivity index (χ1v) is 8.55. The van der Waals surface area contributed by atoms with Crippen LogP contribution in [0.4, 0.5) is 0 Å². The molecular weight excluding hydrogens is 268 g/mol. The molecule has 0 aromatic carbocycles. The van der Waals surface area contributed by atoms with Crippen LogP contribution in [0.1, 0.15) is 25.7 Å². The van der Waals surface area contributed by atoms with Gasteiger partial charge >= 0.3 is 0 Å². The molecule has 1 aliphatic carbocycles. The van der Waals surface area contributed by atoms with Crippen molar-refractivity contribution in [2.24, 2.45) is 11.3 Å². The van der Waals surface area contributed by atoms with Gasteiger partial charge in [0.1, 0.15) is 0 Å². The lowest BCUT2D eigenvalue weighted by molar-refractivity contribution is -0.126. The van der Waals surface area contributed by atoms with Crippen LogP contribution >= 0.6 is 0 Å². The Labute approximate surface area is 114 Å². The molecule has 1 heterocycles. The predicted molar refractivity (Wildman–Crippen MR) is 70.9 cm³/mol. The van der Waals surface area contributed by atoms with E-state index in [-0.39, 0.29) is 23.8 Å². The minimum atomic E-state index is -3.14. The molecule has 0 bridgehead atoms. The summed E-state index contributed by atoms with van der Waals surface area (Å²) in [6.45, 7) is 1.50. The van der Waals surface area contributed by atoms with E-state index in [0.29, 0.717) is 32.5 Å². The second-order valence-electron chi connectivity index (χ2n) is 5.81. The molecule has 1 amide bonds. The summed E-state index contributed by atoms with van der Waals surface area (Å²) < 4.78 is 24.2. The molecule has 110 valence electrons. The van der Waals surface area contributed by atoms with Gasteiger partial charge in [0.15, 0.2) is 0 Å². The number of nitrogens with one attached hydrogen (secondary N) is 1. The number of hydrogen-bond donors (Lipinski definition) is 2. The summed E-state index contributed by atoms with van der Waals surface area (Å²) in [5, 5.41) is 12.1. The number of carbonyl (C=O) groups excluding carboxylic acids is 1. The average molecular weight is 290 g/mol. The Hall–Kier alpha value is -0.660. The van der Waals surface area contributed by atoms with Crippen molar-refractivity contribution in [3.63, 3.8) is 0 Å². The van der Waals surface area contributed by atoms with E-state index in [9.17, 15) is 18.3 Å². The number of carbonyl (C=O) groups is 1. The minimum absolute atomic E-state index is 0.00660. The largest absolute Gasteiger partial charge is 0.396 e. The van der Waals surface area contributed by atoms with Gasteiger partial charge < -0.3 is 10.4 Å². The summed E-state index contributed by atoms with van der Waals surface area (Å²) in [4.78, 5) is 12.0. The first-order valence-electron chi connectivity index (χ1n) is 6.70. The Morgan fingerprint density at radius 1 is 1.37 bits per heavy atom. The van der Waals surface area contributed by atoms with Gasteiger partial charge in [-0.1, -0.05) is 0 Å². The summed E-state index contributed by atoms with van der Waals surface area (Å²) in [7, 11) is -3.14. The van der Waals surface area contributed by atoms with Crippen LogP contribution < -0.4 is 5.32 Å². The van der Waals surface area contributed by atoms with E-state index in [1.54, 1.807) is 0 Å². The second-order valence-corrected chi connectivity index (χ2v) is 7.79. The summed E-state index contributed by atoms with van der Waals surface area (Å²) in [6, 6.07) is 0. The van der Waals surface area contributed by atoms with Crippen LogP contribution in [0, 0.1) is 11.3 Å². The third kappa shape index (κ3) is 3.67. The van der Waals surface area contributed by atoms with Crippen LogP contribution in [-0.4, -0.2) is 56.2 Å². The Bertz CT molecular complexity index is 437. The maximum atomic E-state index is 12.0. The predicted octanol–water partition coefficient (Wildman–Crippen LogP) is -0.453. The van der Waals surface area contributed by atoms with Crippen molar-refractivity contribution in [1.29, 1.82) is 0 Å². The van der Waals surface area contributed by atoms with E-state index in [4.69, 9.17) is 0 Å². The molecule has 0 aromatic rings. The fraction of sp³-hybridized carbons (Fsp3) is 0.917. The summed E-state index contributed by atoms with van der Waals surface area (Å²) >= 11 is 0. The van der Waals surface area contributed by atoms with Gasteiger partial charge in [0.25, 0.3) is 0 Å². The first-order chi connectivity index (χ1) is 8.86. The van der Waals surface area contributed by atoms with E-state index >= 15 is 0 Å². The molecule has 0 aromatic heterocycles. The quantitative estimate of drug-likeness (QED) is 0.718. The van der Waals surface area contributed by atoms with Gasteiger partial charge in [-0.2, -0.15) is 0 Å². The lowest BCUT2D eigenvalue weighted by atomic mass is 9.97. The van der Waals surface area contributed by atoms with Crippen LogP contribution in [0.25, 0.3) is 0 Å². The summed E-state index contributed by atoms with van der Waals surface area (Å²) in [6.07, 6.45) is 4.29. The van der Waals surface area contributed by atoms with Crippen molar-refractivity contribution in [2.45, 2.75) is 25.7 Å². The molecule has 1 saturated heterocycles. The number of amides is 1. The van der Waals surface area contributed by atoms with Crippen LogP contribution in [0.15, 0.2) is 0 Å². The maximum Gasteiger partial charge on any atom is 0.223 e. The van der Waals surface area contributed by atoms with Crippen molar-refractivity contribution in [2.75, 3.05) is 32.5 Å². The van der Waals surface area contributed by atoms with Gasteiger partial charge in [0.2, 0.25) is 15.9 Å². The SMILES string of the molecule is CS(=O)(=O)N1CCC(C(=O)NCC2(CO)CC2)CC1. The zero-order valence-corrected chi connectivity index (χ0v) is 12.1. The van der Waals surface area contributed by atoms with Gasteiger partial charge in [0.05, 0.1) is 12.9 Å². The molecule has 7 heteroatoms. The van der Waals surface area contributed by atoms with Crippen LogP contribution in [0.3, 0.4) is 0 Å². The molecule has 6 nitrogen and oxygen atoms in total. The Kier molecular flexibility index (Phi) is 4.17. The van der Waals surface area contributed by atoms with Crippen molar-refractivity contribution in [1.82, 2.24) is 9.62 Å². The van der Waals surface area contributed by atoms with Crippen LogP contribution in [0.5, 0.6) is 0 Å². The molecule has 2 rings (SSSR count). The van der Waals surface area contributed by atoms with Gasteiger partial charge in [-0.3, -0.25) is 4.79 Å². The van der Waals surface area contributed by atoms with Gasteiger partial charge in [-0.05, 0) is 25.7 Å². The topological polar surface area (TPSA) is 86.7 Å². The molecule has 19 heavy (non-hydrogen) atoms. The van der Waals surface area contributed by atoms with E-state index in [2.05, 4.69) is 5.32 Å². The number of piperidine rings is 1. The van der Waals surface area contributed by atoms with Crippen LogP contribution in [-0.2, 0) is 14.8 Å². The highest BCUT2D eigenvalue weighted by atomic mass is 32.2. The molecule has 0 radical (unpaired) electrons. The van der Waals surface area contributed by atoms with Crippen molar-refractivity contribution < 1.29 is 18.3 Å². The molecular formula is C12H22N2O4S. The summed E-state index contributed by atoms with van der Waals surface area (Å²) in [5.74, 6) is -0.111. The number of aliphatic hydroxyl groups excluding tert-OH is 1. The Balaban J connectivity index is 1.76. The van der Waals surface area contributed by atoms with E-state index < -0.39 is 10.0 Å². The summed E-state index contributed by atoms with van der Waals surface area (Å²) in [5.41, 5.74) is -0.0802. The Morgan fingerprint density at radius 2 is 1.95 bits per heavy atom. The molecule has 0 atom stereocenters. The molecule has 1 aliphatic heterocycles. The smallest absolute Gasteiger partial charge is 0.223 e. The standard InChI is InChI=1S/C12H22N2O4S/c1-19(17,18)14-6-2-10(3-7-14)11(16)13-8-12(9-15)4-5-12/h10,15H,2-9H2,1H3,(H,13,16).